The first-order valence-corrected chi connectivity index (χ1v) is 9.24. The highest BCUT2D eigenvalue weighted by molar-refractivity contribution is 5.76. The number of carbonyl (C=O) groups excluding carboxylic acids is 1. The molecule has 4 rings (SSSR count). The molecule has 24 heavy (non-hydrogen) atoms. The van der Waals surface area contributed by atoms with Gasteiger partial charge >= 0.3 is 0 Å². The maximum absolute atomic E-state index is 12.5. The van der Waals surface area contributed by atoms with E-state index in [1.807, 2.05) is 22.8 Å². The van der Waals surface area contributed by atoms with Crippen molar-refractivity contribution in [1.29, 1.82) is 0 Å². The molecule has 0 radical (unpaired) electrons. The van der Waals surface area contributed by atoms with E-state index in [2.05, 4.69) is 16.2 Å². The van der Waals surface area contributed by atoms with Gasteiger partial charge in [-0.3, -0.25) is 14.4 Å². The highest BCUT2D eigenvalue weighted by Crippen LogP contribution is 2.36. The van der Waals surface area contributed by atoms with Crippen molar-refractivity contribution < 1.29 is 9.53 Å². The molecule has 4 heterocycles. The summed E-state index contributed by atoms with van der Waals surface area (Å²) in [5.74, 6) is 1.90. The number of amides is 1. The molecule has 0 N–H and O–H groups in total. The third kappa shape index (κ3) is 3.35. The van der Waals surface area contributed by atoms with Crippen LogP contribution < -0.4 is 0 Å². The molecule has 0 bridgehead atoms. The Morgan fingerprint density at radius 3 is 2.88 bits per heavy atom. The summed E-state index contributed by atoms with van der Waals surface area (Å²) in [6, 6.07) is 0. The molecule has 1 aromatic heterocycles. The average molecular weight is 332 g/mol. The van der Waals surface area contributed by atoms with Gasteiger partial charge in [0.25, 0.3) is 0 Å². The second-order valence-electron chi connectivity index (χ2n) is 7.73. The molecule has 1 aromatic rings. The van der Waals surface area contributed by atoms with Gasteiger partial charge in [0.1, 0.15) is 0 Å². The lowest BCUT2D eigenvalue weighted by molar-refractivity contribution is -0.133. The zero-order chi connectivity index (χ0) is 16.5. The van der Waals surface area contributed by atoms with Gasteiger partial charge in [0.15, 0.2) is 0 Å². The number of aromatic nitrogens is 2. The van der Waals surface area contributed by atoms with Gasteiger partial charge in [-0.05, 0) is 30.6 Å². The maximum Gasteiger partial charge on any atom is 0.222 e. The molecule has 6 heteroatoms. The molecule has 132 valence electrons. The maximum atomic E-state index is 12.5. The van der Waals surface area contributed by atoms with Crippen LogP contribution in [0.25, 0.3) is 0 Å². The highest BCUT2D eigenvalue weighted by Gasteiger charge is 2.42. The summed E-state index contributed by atoms with van der Waals surface area (Å²) in [6.45, 7) is 6.62. The van der Waals surface area contributed by atoms with E-state index in [1.54, 1.807) is 0 Å². The first kappa shape index (κ1) is 16.1. The summed E-state index contributed by atoms with van der Waals surface area (Å²) in [5.41, 5.74) is 1.27. The van der Waals surface area contributed by atoms with Crippen molar-refractivity contribution in [2.24, 2.45) is 24.8 Å². The van der Waals surface area contributed by atoms with Crippen molar-refractivity contribution in [2.45, 2.75) is 25.8 Å². The van der Waals surface area contributed by atoms with Crippen LogP contribution in [0.2, 0.25) is 0 Å². The zero-order valence-electron chi connectivity index (χ0n) is 14.6. The van der Waals surface area contributed by atoms with Gasteiger partial charge in [0, 0.05) is 58.0 Å². The molecule has 3 saturated heterocycles. The molecule has 1 amide bonds. The molecule has 0 saturated carbocycles. The van der Waals surface area contributed by atoms with Crippen molar-refractivity contribution in [3.8, 4) is 0 Å². The number of aryl methyl sites for hydroxylation is 1. The Morgan fingerprint density at radius 1 is 1.29 bits per heavy atom. The third-order valence-corrected chi connectivity index (χ3v) is 5.90. The van der Waals surface area contributed by atoms with Crippen molar-refractivity contribution in [2.75, 3.05) is 39.4 Å². The average Bonchev–Trinajstić information content (AvgIpc) is 3.28. The van der Waals surface area contributed by atoms with Gasteiger partial charge in [0.05, 0.1) is 19.4 Å². The molecular formula is C18H28N4O2. The molecule has 3 fully saturated rings. The van der Waals surface area contributed by atoms with Crippen LogP contribution in [0, 0.1) is 17.8 Å². The van der Waals surface area contributed by atoms with Crippen LogP contribution in [0.15, 0.2) is 12.4 Å². The van der Waals surface area contributed by atoms with Crippen LogP contribution in [0.4, 0.5) is 0 Å². The van der Waals surface area contributed by atoms with E-state index >= 15 is 0 Å². The Balaban J connectivity index is 1.36. The van der Waals surface area contributed by atoms with Gasteiger partial charge in [-0.2, -0.15) is 5.10 Å². The molecule has 3 aliphatic rings. The molecule has 3 aliphatic heterocycles. The fourth-order valence-electron chi connectivity index (χ4n) is 4.66. The fraction of sp³-hybridized carbons (Fsp3) is 0.778. The van der Waals surface area contributed by atoms with E-state index in [0.717, 1.165) is 58.8 Å². The van der Waals surface area contributed by atoms with Crippen molar-refractivity contribution in [3.05, 3.63) is 18.0 Å². The van der Waals surface area contributed by atoms with Crippen LogP contribution in [-0.2, 0) is 23.1 Å². The number of ether oxygens (including phenoxy) is 1. The number of fused-ring (bicyclic) bond motifs is 1. The largest absolute Gasteiger partial charge is 0.381 e. The topological polar surface area (TPSA) is 50.6 Å². The molecule has 3 atom stereocenters. The predicted molar refractivity (Wildman–Crippen MR) is 90.2 cm³/mol. The number of rotatable bonds is 4. The van der Waals surface area contributed by atoms with E-state index in [9.17, 15) is 4.79 Å². The molecule has 0 aliphatic carbocycles. The fourth-order valence-corrected chi connectivity index (χ4v) is 4.66. The van der Waals surface area contributed by atoms with Crippen LogP contribution in [0.1, 0.15) is 24.8 Å². The van der Waals surface area contributed by atoms with Gasteiger partial charge in [-0.15, -0.1) is 0 Å². The quantitative estimate of drug-likeness (QED) is 0.829. The summed E-state index contributed by atoms with van der Waals surface area (Å²) < 4.78 is 7.71. The van der Waals surface area contributed by atoms with E-state index in [-0.39, 0.29) is 0 Å². The zero-order valence-corrected chi connectivity index (χ0v) is 14.6. The molecule has 0 aromatic carbocycles. The Labute approximate surface area is 143 Å². The monoisotopic (exact) mass is 332 g/mol. The lowest BCUT2D eigenvalue weighted by Gasteiger charge is -2.33. The van der Waals surface area contributed by atoms with Crippen LogP contribution in [0.3, 0.4) is 0 Å². The summed E-state index contributed by atoms with van der Waals surface area (Å²) in [4.78, 5) is 17.1. The minimum atomic E-state index is 0.340. The van der Waals surface area contributed by atoms with Gasteiger partial charge in [0.2, 0.25) is 5.91 Å². The smallest absolute Gasteiger partial charge is 0.222 e. The number of hydrogen-bond donors (Lipinski definition) is 0. The number of likely N-dealkylation sites (tertiary alicyclic amines) is 2. The number of nitrogens with zero attached hydrogens (tertiary/aromatic N) is 4. The highest BCUT2D eigenvalue weighted by atomic mass is 16.5. The minimum absolute atomic E-state index is 0.340. The number of carbonyl (C=O) groups is 1. The van der Waals surface area contributed by atoms with Gasteiger partial charge in [-0.1, -0.05) is 0 Å². The molecular weight excluding hydrogens is 304 g/mol. The lowest BCUT2D eigenvalue weighted by Crippen LogP contribution is -2.39. The van der Waals surface area contributed by atoms with Gasteiger partial charge in [-0.25, -0.2) is 0 Å². The second kappa shape index (κ2) is 6.84. The Bertz CT molecular complexity index is 581. The molecule has 0 spiro atoms. The van der Waals surface area contributed by atoms with E-state index in [0.29, 0.717) is 30.1 Å². The van der Waals surface area contributed by atoms with E-state index < -0.39 is 0 Å². The number of hydrogen-bond acceptors (Lipinski definition) is 4. The van der Waals surface area contributed by atoms with Crippen molar-refractivity contribution >= 4 is 5.91 Å². The normalized spacial score (nSPS) is 30.7. The van der Waals surface area contributed by atoms with Crippen LogP contribution >= 0.6 is 0 Å². The molecule has 0 unspecified atom stereocenters. The standard InChI is InChI=1S/C18H28N4O2/c1-20-8-14(7-19-20)9-21-10-16-13-24-12-15(17(16)11-21)6-18(23)22-4-2-3-5-22/h7-8,15-17H,2-6,9-13H2,1H3/t15-,16-,17+/m1/s1. The Kier molecular flexibility index (Phi) is 4.59. The third-order valence-electron chi connectivity index (χ3n) is 5.90. The summed E-state index contributed by atoms with van der Waals surface area (Å²) in [7, 11) is 1.96. The van der Waals surface area contributed by atoms with E-state index in [4.69, 9.17) is 4.74 Å². The summed E-state index contributed by atoms with van der Waals surface area (Å²) in [5, 5.41) is 4.26. The Morgan fingerprint density at radius 2 is 2.12 bits per heavy atom. The van der Waals surface area contributed by atoms with Crippen LogP contribution in [-0.4, -0.2) is 64.9 Å². The lowest BCUT2D eigenvalue weighted by atomic mass is 9.81. The summed E-state index contributed by atoms with van der Waals surface area (Å²) >= 11 is 0. The van der Waals surface area contributed by atoms with Crippen molar-refractivity contribution in [1.82, 2.24) is 19.6 Å². The minimum Gasteiger partial charge on any atom is -0.381 e. The first-order valence-electron chi connectivity index (χ1n) is 9.24. The van der Waals surface area contributed by atoms with E-state index in [1.165, 1.54) is 5.56 Å². The van der Waals surface area contributed by atoms with Gasteiger partial charge < -0.3 is 9.64 Å². The SMILES string of the molecule is Cn1cc(CN2C[C@@H]3COC[C@@H](CC(=O)N4CCCC4)[C@@H]3C2)cn1. The predicted octanol–water partition coefficient (Wildman–Crippen LogP) is 1.13. The molecule has 6 nitrogen and oxygen atoms in total. The van der Waals surface area contributed by atoms with Crippen LogP contribution in [0.5, 0.6) is 0 Å². The first-order chi connectivity index (χ1) is 11.7. The second-order valence-corrected chi connectivity index (χ2v) is 7.73. The van der Waals surface area contributed by atoms with Crippen molar-refractivity contribution in [3.63, 3.8) is 0 Å². The summed E-state index contributed by atoms with van der Waals surface area (Å²) in [6.07, 6.45) is 7.04. The Hall–Kier alpha value is -1.40.